The minimum Gasteiger partial charge on any atom is -0.497 e. The molecule has 5 rings (SSSR count). The number of alkyl carbamates (subject to hydrolysis) is 1. The van der Waals surface area contributed by atoms with Gasteiger partial charge in [-0.3, -0.25) is 0 Å². The molecule has 1 heterocycles. The zero-order chi connectivity index (χ0) is 42.3. The van der Waals surface area contributed by atoms with Gasteiger partial charge in [-0.25, -0.2) is 26.4 Å². The molecule has 0 aliphatic carbocycles. The Hall–Kier alpha value is -4.83. The molecule has 0 radical (unpaired) electrons. The predicted molar refractivity (Wildman–Crippen MR) is 225 cm³/mol. The van der Waals surface area contributed by atoms with Gasteiger partial charge in [-0.1, -0.05) is 36.4 Å². The largest absolute Gasteiger partial charge is 0.497 e. The van der Waals surface area contributed by atoms with E-state index in [4.69, 9.17) is 18.9 Å². The smallest absolute Gasteiger partial charge is 0.407 e. The van der Waals surface area contributed by atoms with Crippen molar-refractivity contribution in [3.63, 3.8) is 0 Å². The van der Waals surface area contributed by atoms with Crippen molar-refractivity contribution < 1.29 is 40.6 Å². The summed E-state index contributed by atoms with van der Waals surface area (Å²) < 4.78 is 84.9. The van der Waals surface area contributed by atoms with Gasteiger partial charge in [-0.05, 0) is 121 Å². The number of halogens is 1. The number of rotatable bonds is 17. The van der Waals surface area contributed by atoms with Gasteiger partial charge in [0, 0.05) is 29.2 Å². The van der Waals surface area contributed by atoms with Gasteiger partial charge >= 0.3 is 6.09 Å². The number of ether oxygens (including phenoxy) is 4. The molecule has 1 amide bonds. The summed E-state index contributed by atoms with van der Waals surface area (Å²) in [6.45, 7) is 6.36. The summed E-state index contributed by atoms with van der Waals surface area (Å²) in [5.74, 6) is 1.70. The Morgan fingerprint density at radius 3 is 1.78 bits per heavy atom. The molecule has 0 spiro atoms. The Morgan fingerprint density at radius 2 is 1.29 bits per heavy atom. The van der Waals surface area contributed by atoms with Crippen molar-refractivity contribution in [3.8, 4) is 28.6 Å². The number of carbonyl (C=O) groups excluding carboxylic acids is 1. The minimum absolute atomic E-state index is 0.0570. The van der Waals surface area contributed by atoms with Gasteiger partial charge in [-0.15, -0.1) is 10.2 Å². The normalized spacial score (nSPS) is 12.6. The van der Waals surface area contributed by atoms with E-state index in [-0.39, 0.29) is 37.6 Å². The molecule has 0 saturated heterocycles. The summed E-state index contributed by atoms with van der Waals surface area (Å²) in [4.78, 5) is 12.6. The zero-order valence-corrected chi connectivity index (χ0v) is 36.9. The summed E-state index contributed by atoms with van der Waals surface area (Å²) in [5, 5.41) is 15.6. The Morgan fingerprint density at radius 1 is 0.793 bits per heavy atom. The molecule has 1 aromatic heterocycles. The number of hydrogen-bond acceptors (Lipinski definition) is 12. The van der Waals surface area contributed by atoms with Crippen LogP contribution in [0.1, 0.15) is 44.4 Å². The number of nitrogens with one attached hydrogen (secondary N) is 2. The van der Waals surface area contributed by atoms with Crippen LogP contribution in [-0.4, -0.2) is 87.0 Å². The third-order valence-electron chi connectivity index (χ3n) is 8.46. The van der Waals surface area contributed by atoms with Gasteiger partial charge < -0.3 is 24.3 Å². The van der Waals surface area contributed by atoms with Gasteiger partial charge in [0.15, 0.2) is 0 Å². The van der Waals surface area contributed by atoms with Crippen LogP contribution in [0.4, 0.5) is 4.79 Å². The second-order valence-corrected chi connectivity index (χ2v) is 18.8. The Kier molecular flexibility index (Phi) is 14.4. The molecule has 0 aliphatic rings. The molecule has 19 heteroatoms. The summed E-state index contributed by atoms with van der Waals surface area (Å²) in [6, 6.07) is 22.8. The fourth-order valence-electron chi connectivity index (χ4n) is 5.66. The third kappa shape index (κ3) is 11.4. The maximum Gasteiger partial charge on any atom is 0.407 e. The van der Waals surface area contributed by atoms with E-state index in [1.807, 2.05) is 34.7 Å². The third-order valence-corrected chi connectivity index (χ3v) is 13.0. The van der Waals surface area contributed by atoms with E-state index >= 15 is 8.42 Å². The number of aromatic nitrogens is 4. The van der Waals surface area contributed by atoms with Crippen molar-refractivity contribution in [2.24, 2.45) is 0 Å². The van der Waals surface area contributed by atoms with Crippen molar-refractivity contribution in [1.29, 1.82) is 0 Å². The molecule has 310 valence electrons. The topological polar surface area (TPSA) is 193 Å². The van der Waals surface area contributed by atoms with Crippen LogP contribution in [0.25, 0.3) is 11.4 Å². The molecule has 0 bridgehead atoms. The van der Waals surface area contributed by atoms with E-state index in [9.17, 15) is 13.2 Å². The lowest BCUT2D eigenvalue weighted by molar-refractivity contribution is 0.0524. The molecular formula is C39H46IN7O9S2. The summed E-state index contributed by atoms with van der Waals surface area (Å²) in [6.07, 6.45) is -0.741. The molecule has 0 saturated carbocycles. The lowest BCUT2D eigenvalue weighted by atomic mass is 10.2. The van der Waals surface area contributed by atoms with Crippen molar-refractivity contribution in [3.05, 3.63) is 105 Å². The van der Waals surface area contributed by atoms with E-state index < -0.39 is 47.6 Å². The van der Waals surface area contributed by atoms with Crippen LogP contribution in [0.3, 0.4) is 0 Å². The van der Waals surface area contributed by atoms with Gasteiger partial charge in [-0.2, -0.15) is 9.10 Å². The van der Waals surface area contributed by atoms with E-state index in [0.29, 0.717) is 31.9 Å². The quantitative estimate of drug-likeness (QED) is 0.110. The van der Waals surface area contributed by atoms with Crippen molar-refractivity contribution in [2.45, 2.75) is 68.8 Å². The van der Waals surface area contributed by atoms with E-state index in [2.05, 4.69) is 25.4 Å². The van der Waals surface area contributed by atoms with Gasteiger partial charge in [0.05, 0.1) is 33.4 Å². The number of hydrogen-bond donors (Lipinski definition) is 2. The number of benzene rings is 4. The number of sulfonamides is 2. The molecule has 1 atom stereocenters. The molecule has 2 N–H and O–H groups in total. The number of tetrazole rings is 1. The molecule has 0 aliphatic heterocycles. The number of nitrogens with zero attached hydrogens (tertiary/aromatic N) is 5. The van der Waals surface area contributed by atoms with Gasteiger partial charge in [0.1, 0.15) is 32.6 Å². The number of carbonyl (C=O) groups is 1. The Labute approximate surface area is 352 Å². The first-order chi connectivity index (χ1) is 27.4. The highest BCUT2D eigenvalue weighted by Gasteiger charge is 2.38. The maximum atomic E-state index is 15.4. The van der Waals surface area contributed by atoms with E-state index in [1.165, 1.54) is 42.4 Å². The molecule has 4 aromatic carbocycles. The van der Waals surface area contributed by atoms with Gasteiger partial charge in [0.25, 0.3) is 0 Å². The lowest BCUT2D eigenvalue weighted by Gasteiger charge is -2.26. The first-order valence-electron chi connectivity index (χ1n) is 17.9. The molecule has 58 heavy (non-hydrogen) atoms. The van der Waals surface area contributed by atoms with Crippen LogP contribution in [-0.2, 0) is 44.4 Å². The van der Waals surface area contributed by atoms with Crippen LogP contribution >= 0.6 is 22.6 Å². The van der Waals surface area contributed by atoms with Crippen LogP contribution < -0.4 is 24.2 Å². The Bertz CT molecular complexity index is 2360. The van der Waals surface area contributed by atoms with Crippen LogP contribution in [0.15, 0.2) is 94.7 Å². The van der Waals surface area contributed by atoms with Crippen LogP contribution in [0.2, 0.25) is 0 Å². The minimum atomic E-state index is -4.76. The second kappa shape index (κ2) is 18.8. The van der Waals surface area contributed by atoms with Crippen molar-refractivity contribution in [1.82, 2.24) is 34.6 Å². The SMILES string of the molecule is COc1ccc(CN(Cc2ccc(OC)cc2)S(=O)(=O)c2c(S(=O)(=O)NC(C)CNC(=O)OC(C)(C)C)ccc(I)c2-c2nnn(Cc3ccc(OC)cc3)n2)cc1. The fourth-order valence-corrected chi connectivity index (χ4v) is 10.2. The van der Waals surface area contributed by atoms with Crippen molar-refractivity contribution >= 4 is 48.7 Å². The summed E-state index contributed by atoms with van der Waals surface area (Å²) in [7, 11) is -4.77. The highest BCUT2D eigenvalue weighted by molar-refractivity contribution is 14.1. The predicted octanol–water partition coefficient (Wildman–Crippen LogP) is 5.60. The average Bonchev–Trinajstić information content (AvgIpc) is 3.64. The fraction of sp³-hybridized carbons (Fsp3) is 0.333. The molecule has 16 nitrogen and oxygen atoms in total. The number of amides is 1. The Balaban J connectivity index is 1.64. The van der Waals surface area contributed by atoms with Gasteiger partial charge in [0.2, 0.25) is 25.9 Å². The average molecular weight is 948 g/mol. The van der Waals surface area contributed by atoms with Crippen LogP contribution in [0, 0.1) is 3.57 Å². The molecular weight excluding hydrogens is 902 g/mol. The summed E-state index contributed by atoms with van der Waals surface area (Å²) >= 11 is 1.94. The van der Waals surface area contributed by atoms with E-state index in [0.717, 1.165) is 5.56 Å². The number of methoxy groups -OCH3 is 3. The zero-order valence-electron chi connectivity index (χ0n) is 33.1. The standard InChI is InChI=1S/C39H46IN7O9S2/c1-26(22-41-38(48)56-39(2,3)4)44-57(49,50)34-21-20-33(40)35(37-42-45-47(43-37)25-29-12-18-32(55-7)19-13-29)36(34)58(51,52)46(23-27-8-14-30(53-5)15-9-27)24-28-10-16-31(54-6)17-11-28/h8-21,26,44H,22-25H2,1-7H3,(H,41,48). The summed E-state index contributed by atoms with van der Waals surface area (Å²) in [5.41, 5.74) is 1.20. The maximum absolute atomic E-state index is 15.4. The molecule has 5 aromatic rings. The lowest BCUT2D eigenvalue weighted by Crippen LogP contribution is -2.43. The van der Waals surface area contributed by atoms with E-state index in [1.54, 1.807) is 88.5 Å². The first kappa shape index (κ1) is 44.3. The monoisotopic (exact) mass is 947 g/mol. The molecule has 0 fully saturated rings. The second-order valence-electron chi connectivity index (χ2n) is 14.1. The first-order valence-corrected chi connectivity index (χ1v) is 21.9. The highest BCUT2D eigenvalue weighted by Crippen LogP contribution is 2.38. The van der Waals surface area contributed by atoms with Crippen molar-refractivity contribution in [2.75, 3.05) is 27.9 Å². The molecule has 1 unspecified atom stereocenters. The highest BCUT2D eigenvalue weighted by atomic mass is 127. The van der Waals surface area contributed by atoms with Crippen LogP contribution in [0.5, 0.6) is 17.2 Å².